The van der Waals surface area contributed by atoms with Crippen LogP contribution in [0.3, 0.4) is 0 Å². The Morgan fingerprint density at radius 2 is 1.14 bits per heavy atom. The van der Waals surface area contributed by atoms with E-state index >= 15 is 0 Å². The van der Waals surface area contributed by atoms with Crippen LogP contribution in [-0.2, 0) is 0 Å². The van der Waals surface area contributed by atoms with Gasteiger partial charge in [-0.25, -0.2) is 13.2 Å². The molecule has 0 fully saturated rings. The molecule has 0 aromatic carbocycles. The summed E-state index contributed by atoms with van der Waals surface area (Å²) in [5, 5.41) is -4.86. The highest BCUT2D eigenvalue weighted by Crippen LogP contribution is 2.34. The Bertz CT molecular complexity index is 171. The molecule has 86 valence electrons. The van der Waals surface area contributed by atoms with Crippen LogP contribution in [0.4, 0.5) is 26.3 Å². The van der Waals surface area contributed by atoms with E-state index in [4.69, 9.17) is 0 Å². The fourth-order valence-corrected chi connectivity index (χ4v) is 0. The average molecular weight is 263 g/mol. The topological polar surface area (TPSA) is 0 Å². The molecule has 0 radical (unpaired) electrons. The zero-order valence-corrected chi connectivity index (χ0v) is 8.54. The van der Waals surface area contributed by atoms with Crippen LogP contribution in [0.1, 0.15) is 13.8 Å². The molecule has 1 unspecified atom stereocenters. The van der Waals surface area contributed by atoms with Crippen molar-refractivity contribution in [1.29, 1.82) is 0 Å². The van der Waals surface area contributed by atoms with Gasteiger partial charge in [-0.05, 0) is 18.5 Å². The summed E-state index contributed by atoms with van der Waals surface area (Å²) in [4.78, 5) is 0. The molecule has 0 amide bonds. The van der Waals surface area contributed by atoms with Crippen molar-refractivity contribution < 1.29 is 26.3 Å². The van der Waals surface area contributed by atoms with Gasteiger partial charge in [0, 0.05) is 6.92 Å². The minimum absolute atomic E-state index is 0.431. The Labute approximate surface area is 86.5 Å². The van der Waals surface area contributed by atoms with Gasteiger partial charge in [0.2, 0.25) is 5.13 Å². The molecule has 0 aliphatic carbocycles. The summed E-state index contributed by atoms with van der Waals surface area (Å²) < 4.78 is 67.1. The summed E-state index contributed by atoms with van der Waals surface area (Å²) in [7, 11) is 0. The molecule has 0 aromatic heterocycles. The van der Waals surface area contributed by atoms with Crippen molar-refractivity contribution in [2.24, 2.45) is 0 Å². The molecule has 0 nitrogen and oxygen atoms in total. The van der Waals surface area contributed by atoms with Crippen LogP contribution >= 0.6 is 23.2 Å². The number of rotatable bonds is 1. The summed E-state index contributed by atoms with van der Waals surface area (Å²) in [5.74, 6) is -3.46. The van der Waals surface area contributed by atoms with Gasteiger partial charge >= 0.3 is 6.08 Å². The van der Waals surface area contributed by atoms with E-state index in [2.05, 4.69) is 23.2 Å². The summed E-state index contributed by atoms with van der Waals surface area (Å²) in [6.07, 6.45) is -2.48. The lowest BCUT2D eigenvalue weighted by Gasteiger charge is -2.18. The molecule has 0 saturated heterocycles. The minimum Gasteiger partial charge on any atom is -0.220 e. The second-order valence-corrected chi connectivity index (χ2v) is 3.34. The maximum Gasteiger partial charge on any atom is 0.317 e. The van der Waals surface area contributed by atoms with Gasteiger partial charge in [0.25, 0.3) is 11.2 Å². The first-order valence-electron chi connectivity index (χ1n) is 3.01. The normalized spacial score (nSPS) is 15.0. The highest BCUT2D eigenvalue weighted by Gasteiger charge is 2.44. The van der Waals surface area contributed by atoms with Gasteiger partial charge in [0.1, 0.15) is 0 Å². The predicted molar refractivity (Wildman–Crippen MR) is 42.2 cm³/mol. The van der Waals surface area contributed by atoms with Gasteiger partial charge in [-0.3, -0.25) is 0 Å². The van der Waals surface area contributed by atoms with E-state index in [1.165, 1.54) is 0 Å². The largest absolute Gasteiger partial charge is 0.317 e. The van der Waals surface area contributed by atoms with Gasteiger partial charge in [-0.2, -0.15) is 13.2 Å². The number of hydrogen-bond donors (Lipinski definition) is 0. The van der Waals surface area contributed by atoms with Crippen LogP contribution in [0.2, 0.25) is 0 Å². The molecule has 14 heavy (non-hydrogen) atoms. The van der Waals surface area contributed by atoms with E-state index in [1.54, 1.807) is 0 Å². The van der Waals surface area contributed by atoms with Gasteiger partial charge in [0.05, 0.1) is 0 Å². The Morgan fingerprint density at radius 1 is 1.00 bits per heavy atom. The molecule has 0 spiro atoms. The highest BCUT2D eigenvalue weighted by atomic mass is 35.5. The van der Waals surface area contributed by atoms with Crippen molar-refractivity contribution in [2.75, 3.05) is 0 Å². The zero-order chi connectivity index (χ0) is 12.2. The van der Waals surface area contributed by atoms with Crippen molar-refractivity contribution in [1.82, 2.24) is 0 Å². The van der Waals surface area contributed by atoms with E-state index in [-0.39, 0.29) is 0 Å². The first-order valence-corrected chi connectivity index (χ1v) is 3.77. The highest BCUT2D eigenvalue weighted by molar-refractivity contribution is 6.28. The summed E-state index contributed by atoms with van der Waals surface area (Å²) in [5.41, 5.74) is 0. The van der Waals surface area contributed by atoms with E-state index in [9.17, 15) is 26.3 Å². The molecule has 0 rings (SSSR count). The Hall–Kier alpha value is -0.100. The fourth-order valence-electron chi connectivity index (χ4n) is 0. The number of alkyl halides is 4. The van der Waals surface area contributed by atoms with Crippen LogP contribution in [0.15, 0.2) is 11.4 Å². The SMILES string of the molecule is CC(F)(F)C(C)(F)Cl.FC(F)=C(F)Cl. The molecule has 0 N–H and O–H groups in total. The predicted octanol–water partition coefficient (Wildman–Crippen LogP) is 4.83. The van der Waals surface area contributed by atoms with E-state index < -0.39 is 22.4 Å². The lowest BCUT2D eigenvalue weighted by Crippen LogP contribution is -2.32. The molecule has 0 heterocycles. The Balaban J connectivity index is 0. The van der Waals surface area contributed by atoms with E-state index in [1.807, 2.05) is 0 Å². The van der Waals surface area contributed by atoms with Crippen molar-refractivity contribution in [3.8, 4) is 0 Å². The van der Waals surface area contributed by atoms with Crippen molar-refractivity contribution in [2.45, 2.75) is 24.9 Å². The standard InChI is InChI=1S/C4H6ClF3.C2ClF3/c1-3(5,6)4(2,7)8;3-1(4)2(5)6/h1-2H3;. The molecule has 0 bridgehead atoms. The van der Waals surface area contributed by atoms with Crippen LogP contribution < -0.4 is 0 Å². The van der Waals surface area contributed by atoms with Gasteiger partial charge < -0.3 is 0 Å². The first kappa shape index (κ1) is 16.3. The van der Waals surface area contributed by atoms with Crippen molar-refractivity contribution in [3.05, 3.63) is 11.4 Å². The zero-order valence-electron chi connectivity index (χ0n) is 7.02. The van der Waals surface area contributed by atoms with E-state index in [0.717, 1.165) is 0 Å². The second kappa shape index (κ2) is 5.70. The molecule has 8 heteroatoms. The second-order valence-electron chi connectivity index (χ2n) is 2.30. The molecular formula is C6H6Cl2F6. The molecule has 0 aromatic rings. The lowest BCUT2D eigenvalue weighted by atomic mass is 10.3. The average Bonchev–Trinajstić information content (AvgIpc) is 1.83. The third kappa shape index (κ3) is 8.50. The summed E-state index contributed by atoms with van der Waals surface area (Å²) in [6, 6.07) is 0. The monoisotopic (exact) mass is 262 g/mol. The van der Waals surface area contributed by atoms with Crippen LogP contribution in [0.5, 0.6) is 0 Å². The maximum atomic E-state index is 11.9. The Kier molecular flexibility index (Phi) is 6.65. The lowest BCUT2D eigenvalue weighted by molar-refractivity contribution is -0.0695. The van der Waals surface area contributed by atoms with Gasteiger partial charge in [-0.1, -0.05) is 11.6 Å². The Morgan fingerprint density at radius 3 is 1.14 bits per heavy atom. The fraction of sp³-hybridized carbons (Fsp3) is 0.667. The number of hydrogen-bond acceptors (Lipinski definition) is 0. The molecule has 0 saturated carbocycles. The molecule has 0 aliphatic heterocycles. The summed E-state index contributed by atoms with van der Waals surface area (Å²) >= 11 is 8.67. The van der Waals surface area contributed by atoms with Crippen LogP contribution in [-0.4, -0.2) is 11.1 Å². The van der Waals surface area contributed by atoms with Gasteiger partial charge in [0.15, 0.2) is 0 Å². The van der Waals surface area contributed by atoms with Crippen molar-refractivity contribution >= 4 is 23.2 Å². The molecule has 1 atom stereocenters. The number of halogens is 8. The van der Waals surface area contributed by atoms with Gasteiger partial charge in [-0.15, -0.1) is 0 Å². The van der Waals surface area contributed by atoms with Crippen LogP contribution in [0.25, 0.3) is 0 Å². The quantitative estimate of drug-likeness (QED) is 0.469. The minimum atomic E-state index is -3.46. The summed E-state index contributed by atoms with van der Waals surface area (Å²) in [6.45, 7) is 1.05. The van der Waals surface area contributed by atoms with Crippen molar-refractivity contribution in [3.63, 3.8) is 0 Å². The molecule has 0 aliphatic rings. The molecular weight excluding hydrogens is 257 g/mol. The smallest absolute Gasteiger partial charge is 0.220 e. The maximum absolute atomic E-state index is 11.9. The third-order valence-electron chi connectivity index (χ3n) is 0.914. The first-order chi connectivity index (χ1) is 5.89. The third-order valence-corrected chi connectivity index (χ3v) is 1.39. The van der Waals surface area contributed by atoms with E-state index in [0.29, 0.717) is 13.8 Å². The van der Waals surface area contributed by atoms with Crippen LogP contribution in [0, 0.1) is 0 Å².